The first-order valence-corrected chi connectivity index (χ1v) is 3.82. The second kappa shape index (κ2) is 4.62. The Kier molecular flexibility index (Phi) is 4.55. The predicted molar refractivity (Wildman–Crippen MR) is 39.5 cm³/mol. The van der Waals surface area contributed by atoms with Gasteiger partial charge in [-0.1, -0.05) is 5.70 Å². The molecule has 0 fully saturated rings. The second-order valence-corrected chi connectivity index (χ2v) is 2.54. The Balaban J connectivity index is 3.68. The quantitative estimate of drug-likeness (QED) is 0.438. The Hall–Kier alpha value is -0.163. The summed E-state index contributed by atoms with van der Waals surface area (Å²) in [6, 6.07) is 0. The van der Waals surface area contributed by atoms with E-state index in [-0.39, 0.29) is 9.76 Å². The van der Waals surface area contributed by atoms with Gasteiger partial charge in [0.15, 0.2) is 0 Å². The Morgan fingerprint density at radius 3 is 2.20 bits per heavy atom. The van der Waals surface area contributed by atoms with Crippen molar-refractivity contribution in [2.75, 3.05) is 14.2 Å². The molecule has 0 spiro atoms. The Morgan fingerprint density at radius 1 is 1.40 bits per heavy atom. The van der Waals surface area contributed by atoms with Crippen LogP contribution in [-0.4, -0.2) is 30.0 Å². The maximum atomic E-state index is 5.14. The maximum absolute atomic E-state index is 5.14. The first kappa shape index (κ1) is 9.84. The number of methoxy groups -OCH3 is 2. The number of ether oxygens (including phenoxy) is 2. The summed E-state index contributed by atoms with van der Waals surface area (Å²) in [7, 11) is 3.24. The minimum Gasteiger partial charge on any atom is -0.364 e. The fourth-order valence-electron chi connectivity index (χ4n) is 0.315. The van der Waals surface area contributed by atoms with Crippen LogP contribution in [0.4, 0.5) is 0 Å². The van der Waals surface area contributed by atoms with Crippen LogP contribution in [0.25, 0.3) is 0 Å². The molecule has 0 aliphatic rings. The van der Waals surface area contributed by atoms with Gasteiger partial charge in [0.05, 0.1) is 0 Å². The van der Waals surface area contributed by atoms with Crippen molar-refractivity contribution in [1.29, 1.82) is 0 Å². The SMILES string of the molecule is C=C[Si]OC(C)(OC)OC. The highest BCUT2D eigenvalue weighted by Crippen LogP contribution is 2.09. The zero-order valence-electron chi connectivity index (χ0n) is 6.51. The molecule has 0 bridgehead atoms. The molecule has 2 radical (unpaired) electrons. The molecule has 3 nitrogen and oxygen atoms in total. The maximum Gasteiger partial charge on any atom is 0.269 e. The van der Waals surface area contributed by atoms with Gasteiger partial charge in [-0.25, -0.2) is 0 Å². The summed E-state index contributed by atoms with van der Waals surface area (Å²) < 4.78 is 14.9. The van der Waals surface area contributed by atoms with Gasteiger partial charge < -0.3 is 13.9 Å². The third-order valence-electron chi connectivity index (χ3n) is 1.07. The molecule has 0 saturated heterocycles. The van der Waals surface area contributed by atoms with Crippen molar-refractivity contribution < 1.29 is 13.9 Å². The third kappa shape index (κ3) is 3.12. The topological polar surface area (TPSA) is 27.7 Å². The Morgan fingerprint density at radius 2 is 1.90 bits per heavy atom. The van der Waals surface area contributed by atoms with Gasteiger partial charge in [0.2, 0.25) is 0 Å². The Labute approximate surface area is 63.9 Å². The lowest BCUT2D eigenvalue weighted by molar-refractivity contribution is -0.310. The molecule has 0 aromatic rings. The normalized spacial score (nSPS) is 11.5. The fraction of sp³-hybridized carbons (Fsp3) is 0.667. The van der Waals surface area contributed by atoms with Gasteiger partial charge in [0.25, 0.3) is 15.7 Å². The summed E-state index contributed by atoms with van der Waals surface area (Å²) in [5.74, 6) is -0.924. The average Bonchev–Trinajstić information content (AvgIpc) is 2.00. The van der Waals surface area contributed by atoms with E-state index in [1.54, 1.807) is 12.6 Å². The number of hydrogen-bond acceptors (Lipinski definition) is 3. The molecule has 0 N–H and O–H groups in total. The number of hydrogen-bond donors (Lipinski definition) is 0. The van der Waals surface area contributed by atoms with E-state index in [0.29, 0.717) is 0 Å². The summed E-state index contributed by atoms with van der Waals surface area (Å²) in [5.41, 5.74) is 1.66. The van der Waals surface area contributed by atoms with E-state index in [0.717, 1.165) is 0 Å². The van der Waals surface area contributed by atoms with Gasteiger partial charge in [0.1, 0.15) is 0 Å². The first-order chi connectivity index (χ1) is 4.68. The predicted octanol–water partition coefficient (Wildman–Crippen LogP) is 0.732. The van der Waals surface area contributed by atoms with E-state index in [9.17, 15) is 0 Å². The summed E-state index contributed by atoms with van der Waals surface area (Å²) in [4.78, 5) is 0. The van der Waals surface area contributed by atoms with Gasteiger partial charge in [-0.05, 0) is 0 Å². The van der Waals surface area contributed by atoms with Gasteiger partial charge in [0, 0.05) is 21.1 Å². The van der Waals surface area contributed by atoms with E-state index in [1.807, 2.05) is 0 Å². The minimum atomic E-state index is -0.924. The molecule has 0 aromatic carbocycles. The lowest BCUT2D eigenvalue weighted by atomic mass is 10.7. The molecule has 4 heteroatoms. The zero-order valence-corrected chi connectivity index (χ0v) is 7.51. The van der Waals surface area contributed by atoms with Gasteiger partial charge in [-0.15, -0.1) is 6.58 Å². The van der Waals surface area contributed by atoms with E-state index >= 15 is 0 Å². The van der Waals surface area contributed by atoms with Crippen LogP contribution >= 0.6 is 0 Å². The molecule has 0 aromatic heterocycles. The summed E-state index contributed by atoms with van der Waals surface area (Å²) in [6.07, 6.45) is 0. The lowest BCUT2D eigenvalue weighted by Crippen LogP contribution is -2.34. The van der Waals surface area contributed by atoms with Gasteiger partial charge in [-0.2, -0.15) is 0 Å². The molecule has 0 heterocycles. The monoisotopic (exact) mass is 160 g/mol. The van der Waals surface area contributed by atoms with Crippen LogP contribution < -0.4 is 0 Å². The van der Waals surface area contributed by atoms with Gasteiger partial charge in [-0.3, -0.25) is 0 Å². The van der Waals surface area contributed by atoms with Crippen LogP contribution in [0.3, 0.4) is 0 Å². The van der Waals surface area contributed by atoms with Crippen molar-refractivity contribution in [3.05, 3.63) is 12.3 Å². The molecule has 10 heavy (non-hydrogen) atoms. The van der Waals surface area contributed by atoms with Crippen LogP contribution in [-0.2, 0) is 13.9 Å². The van der Waals surface area contributed by atoms with Crippen molar-refractivity contribution in [2.24, 2.45) is 0 Å². The molecular formula is C6H12O3Si. The summed E-state index contributed by atoms with van der Waals surface area (Å²) in [6.45, 7) is 5.21. The van der Waals surface area contributed by atoms with E-state index in [2.05, 4.69) is 6.58 Å². The second-order valence-electron chi connectivity index (χ2n) is 1.69. The molecule has 0 unspecified atom stereocenters. The molecule has 0 aliphatic carbocycles. The molecule has 0 amide bonds. The fourth-order valence-corrected chi connectivity index (χ4v) is 0.779. The van der Waals surface area contributed by atoms with Crippen LogP contribution in [0.15, 0.2) is 12.3 Å². The van der Waals surface area contributed by atoms with Crippen LogP contribution in [0, 0.1) is 0 Å². The average molecular weight is 160 g/mol. The molecule has 0 saturated carbocycles. The molecule has 0 aliphatic heterocycles. The standard InChI is InChI=1S/C6H12O3Si/c1-5-10-9-6(2,7-3)8-4/h5H,1H2,2-4H3. The third-order valence-corrected chi connectivity index (χ3v) is 1.72. The van der Waals surface area contributed by atoms with Crippen molar-refractivity contribution in [3.63, 3.8) is 0 Å². The van der Waals surface area contributed by atoms with Crippen molar-refractivity contribution in [1.82, 2.24) is 0 Å². The van der Waals surface area contributed by atoms with Crippen LogP contribution in [0.5, 0.6) is 0 Å². The molecule has 0 atom stereocenters. The summed E-state index contributed by atoms with van der Waals surface area (Å²) in [5, 5.41) is 0. The van der Waals surface area contributed by atoms with Crippen LogP contribution in [0.2, 0.25) is 0 Å². The first-order valence-electron chi connectivity index (χ1n) is 2.83. The van der Waals surface area contributed by atoms with Crippen molar-refractivity contribution in [2.45, 2.75) is 12.9 Å². The largest absolute Gasteiger partial charge is 0.364 e. The summed E-state index contributed by atoms with van der Waals surface area (Å²) >= 11 is 0. The minimum absolute atomic E-state index is 0.194. The molecular weight excluding hydrogens is 148 g/mol. The van der Waals surface area contributed by atoms with E-state index in [4.69, 9.17) is 13.9 Å². The van der Waals surface area contributed by atoms with Crippen molar-refractivity contribution >= 4 is 9.76 Å². The molecule has 0 rings (SSSR count). The smallest absolute Gasteiger partial charge is 0.269 e. The molecule has 58 valence electrons. The zero-order chi connectivity index (χ0) is 8.04. The van der Waals surface area contributed by atoms with Crippen molar-refractivity contribution in [3.8, 4) is 0 Å². The highest BCUT2D eigenvalue weighted by Gasteiger charge is 2.22. The lowest BCUT2D eigenvalue weighted by Gasteiger charge is -2.25. The highest BCUT2D eigenvalue weighted by molar-refractivity contribution is 6.34. The number of rotatable bonds is 5. The highest BCUT2D eigenvalue weighted by atomic mass is 28.2. The van der Waals surface area contributed by atoms with E-state index in [1.165, 1.54) is 14.2 Å². The Bertz CT molecular complexity index is 101. The van der Waals surface area contributed by atoms with Crippen LogP contribution in [0.1, 0.15) is 6.92 Å². The van der Waals surface area contributed by atoms with E-state index < -0.39 is 5.97 Å². The van der Waals surface area contributed by atoms with Gasteiger partial charge >= 0.3 is 0 Å².